The summed E-state index contributed by atoms with van der Waals surface area (Å²) in [6.45, 7) is 3.16. The number of nitrogens with one attached hydrogen (secondary N) is 1. The highest BCUT2D eigenvalue weighted by Crippen LogP contribution is 2.27. The summed E-state index contributed by atoms with van der Waals surface area (Å²) in [4.78, 5) is 28.6. The highest BCUT2D eigenvalue weighted by atomic mass is 32.1. The molecule has 152 valence electrons. The highest BCUT2D eigenvalue weighted by Gasteiger charge is 2.24. The summed E-state index contributed by atoms with van der Waals surface area (Å²) in [5, 5.41) is 4.90. The fraction of sp³-hybridized carbons (Fsp3) is 0.167. The van der Waals surface area contributed by atoms with Crippen molar-refractivity contribution in [1.82, 2.24) is 4.90 Å². The number of thiophene rings is 1. The van der Waals surface area contributed by atoms with Crippen molar-refractivity contribution in [3.63, 3.8) is 0 Å². The molecule has 4 rings (SSSR count). The maximum absolute atomic E-state index is 13.1. The predicted molar refractivity (Wildman–Crippen MR) is 118 cm³/mol. The Hall–Kier alpha value is -3.25. The molecule has 0 atom stereocenters. The van der Waals surface area contributed by atoms with Crippen molar-refractivity contribution >= 4 is 34.9 Å². The molecule has 2 aromatic carbocycles. The molecular formula is C24H21FN2O2S. The standard InChI is InChI=1S/C24H21FN2O2S/c1-16-20(24(29)27-13-11-22-18(15-27)12-14-30-22)3-2-4-21(16)26-23(28)10-7-17-5-8-19(25)9-6-17/h2-10,12,14H,11,13,15H2,1H3,(H,26,28)/b10-7+. The smallest absolute Gasteiger partial charge is 0.254 e. The van der Waals surface area contributed by atoms with Crippen molar-refractivity contribution in [3.8, 4) is 0 Å². The first-order valence-electron chi connectivity index (χ1n) is 9.70. The van der Waals surface area contributed by atoms with E-state index < -0.39 is 0 Å². The van der Waals surface area contributed by atoms with Gasteiger partial charge in [-0.3, -0.25) is 9.59 Å². The Labute approximate surface area is 178 Å². The van der Waals surface area contributed by atoms with Crippen molar-refractivity contribution in [2.24, 2.45) is 0 Å². The molecular weight excluding hydrogens is 399 g/mol. The third-order valence-corrected chi connectivity index (χ3v) is 6.24. The molecule has 2 heterocycles. The van der Waals surface area contributed by atoms with Crippen LogP contribution in [0.1, 0.15) is 31.9 Å². The Bertz CT molecular complexity index is 1120. The minimum atomic E-state index is -0.322. The lowest BCUT2D eigenvalue weighted by molar-refractivity contribution is -0.111. The maximum Gasteiger partial charge on any atom is 0.254 e. The molecule has 0 saturated heterocycles. The van der Waals surface area contributed by atoms with E-state index in [0.717, 1.165) is 17.5 Å². The van der Waals surface area contributed by atoms with Crippen LogP contribution in [0.4, 0.5) is 10.1 Å². The zero-order valence-electron chi connectivity index (χ0n) is 16.5. The van der Waals surface area contributed by atoms with Crippen molar-refractivity contribution in [2.45, 2.75) is 19.9 Å². The molecule has 0 bridgehead atoms. The van der Waals surface area contributed by atoms with Gasteiger partial charge in [0.25, 0.3) is 5.91 Å². The van der Waals surface area contributed by atoms with Gasteiger partial charge in [-0.1, -0.05) is 18.2 Å². The summed E-state index contributed by atoms with van der Waals surface area (Å²) in [5.74, 6) is -0.659. The molecule has 1 aliphatic heterocycles. The van der Waals surface area contributed by atoms with Gasteiger partial charge < -0.3 is 10.2 Å². The van der Waals surface area contributed by atoms with E-state index in [9.17, 15) is 14.0 Å². The van der Waals surface area contributed by atoms with E-state index in [1.165, 1.54) is 28.6 Å². The minimum absolute atomic E-state index is 0.0256. The lowest BCUT2D eigenvalue weighted by Gasteiger charge is -2.28. The largest absolute Gasteiger partial charge is 0.334 e. The van der Waals surface area contributed by atoms with E-state index in [0.29, 0.717) is 24.3 Å². The molecule has 6 heteroatoms. The van der Waals surface area contributed by atoms with Gasteiger partial charge >= 0.3 is 0 Å². The molecule has 0 aliphatic carbocycles. The predicted octanol–water partition coefficient (Wildman–Crippen LogP) is 5.05. The van der Waals surface area contributed by atoms with Gasteiger partial charge in [-0.15, -0.1) is 11.3 Å². The molecule has 0 fully saturated rings. The van der Waals surface area contributed by atoms with E-state index in [4.69, 9.17) is 0 Å². The topological polar surface area (TPSA) is 49.4 Å². The van der Waals surface area contributed by atoms with Crippen molar-refractivity contribution in [3.05, 3.63) is 92.9 Å². The second-order valence-electron chi connectivity index (χ2n) is 7.20. The van der Waals surface area contributed by atoms with Gasteiger partial charge in [-0.05, 0) is 71.8 Å². The number of fused-ring (bicyclic) bond motifs is 1. The van der Waals surface area contributed by atoms with E-state index >= 15 is 0 Å². The lowest BCUT2D eigenvalue weighted by atomic mass is 10.0. The molecule has 1 aliphatic rings. The molecule has 0 unspecified atom stereocenters. The lowest BCUT2D eigenvalue weighted by Crippen LogP contribution is -2.35. The Morgan fingerprint density at radius 3 is 2.73 bits per heavy atom. The first-order valence-corrected chi connectivity index (χ1v) is 10.6. The third kappa shape index (κ3) is 4.33. The number of carbonyl (C=O) groups is 2. The van der Waals surface area contributed by atoms with Gasteiger partial charge in [-0.2, -0.15) is 0 Å². The summed E-state index contributed by atoms with van der Waals surface area (Å²) in [6, 6.07) is 13.3. The van der Waals surface area contributed by atoms with Crippen LogP contribution in [-0.4, -0.2) is 23.3 Å². The highest BCUT2D eigenvalue weighted by molar-refractivity contribution is 7.10. The zero-order valence-corrected chi connectivity index (χ0v) is 17.3. The van der Waals surface area contributed by atoms with Crippen molar-refractivity contribution in [2.75, 3.05) is 11.9 Å². The quantitative estimate of drug-likeness (QED) is 0.601. The molecule has 0 saturated carbocycles. The number of halogens is 1. The average molecular weight is 421 g/mol. The summed E-state index contributed by atoms with van der Waals surface area (Å²) in [6.07, 6.45) is 3.89. The first-order chi connectivity index (χ1) is 14.5. The number of hydrogen-bond acceptors (Lipinski definition) is 3. The average Bonchev–Trinajstić information content (AvgIpc) is 3.22. The molecule has 0 spiro atoms. The van der Waals surface area contributed by atoms with Gasteiger partial charge in [0, 0.05) is 35.3 Å². The fourth-order valence-corrected chi connectivity index (χ4v) is 4.40. The second kappa shape index (κ2) is 8.63. The van der Waals surface area contributed by atoms with Gasteiger partial charge in [-0.25, -0.2) is 4.39 Å². The number of benzene rings is 2. The van der Waals surface area contributed by atoms with Crippen LogP contribution in [-0.2, 0) is 17.8 Å². The first kappa shape index (κ1) is 20.0. The van der Waals surface area contributed by atoms with Gasteiger partial charge in [0.05, 0.1) is 0 Å². The third-order valence-electron chi connectivity index (χ3n) is 5.21. The van der Waals surface area contributed by atoms with E-state index in [1.807, 2.05) is 11.8 Å². The minimum Gasteiger partial charge on any atom is -0.334 e. The van der Waals surface area contributed by atoms with Crippen LogP contribution in [0.15, 0.2) is 60.0 Å². The maximum atomic E-state index is 13.1. The Morgan fingerprint density at radius 1 is 1.13 bits per heavy atom. The van der Waals surface area contributed by atoms with Gasteiger partial charge in [0.1, 0.15) is 5.82 Å². The molecule has 4 nitrogen and oxygen atoms in total. The number of nitrogens with zero attached hydrogens (tertiary/aromatic N) is 1. The molecule has 3 aromatic rings. The van der Waals surface area contributed by atoms with Crippen molar-refractivity contribution < 1.29 is 14.0 Å². The number of rotatable bonds is 4. The molecule has 1 N–H and O–H groups in total. The summed E-state index contributed by atoms with van der Waals surface area (Å²) in [7, 11) is 0. The Balaban J connectivity index is 1.47. The fourth-order valence-electron chi connectivity index (χ4n) is 3.52. The normalized spacial score (nSPS) is 13.3. The number of carbonyl (C=O) groups excluding carboxylic acids is 2. The summed E-state index contributed by atoms with van der Waals surface area (Å²) < 4.78 is 13.0. The molecule has 0 radical (unpaired) electrons. The SMILES string of the molecule is Cc1c(NC(=O)/C=C/c2ccc(F)cc2)cccc1C(=O)N1CCc2sccc2C1. The van der Waals surface area contributed by atoms with Crippen LogP contribution in [0.2, 0.25) is 0 Å². The molecule has 1 aromatic heterocycles. The van der Waals surface area contributed by atoms with Crippen LogP contribution in [0.25, 0.3) is 6.08 Å². The number of amides is 2. The molecule has 30 heavy (non-hydrogen) atoms. The van der Waals surface area contributed by atoms with Crippen molar-refractivity contribution in [1.29, 1.82) is 0 Å². The second-order valence-corrected chi connectivity index (χ2v) is 8.20. The van der Waals surface area contributed by atoms with E-state index in [1.54, 1.807) is 47.7 Å². The summed E-state index contributed by atoms with van der Waals surface area (Å²) >= 11 is 1.74. The Kier molecular flexibility index (Phi) is 5.77. The van der Waals surface area contributed by atoms with Crippen LogP contribution in [0.5, 0.6) is 0 Å². The van der Waals surface area contributed by atoms with Gasteiger partial charge in [0.2, 0.25) is 5.91 Å². The molecule has 2 amide bonds. The van der Waals surface area contributed by atoms with Crippen LogP contribution < -0.4 is 5.32 Å². The van der Waals surface area contributed by atoms with Crippen LogP contribution in [0.3, 0.4) is 0 Å². The zero-order chi connectivity index (χ0) is 21.1. The Morgan fingerprint density at radius 2 is 1.93 bits per heavy atom. The van der Waals surface area contributed by atoms with Crippen LogP contribution in [0, 0.1) is 12.7 Å². The number of anilines is 1. The number of hydrogen-bond donors (Lipinski definition) is 1. The van der Waals surface area contributed by atoms with Gasteiger partial charge in [0.15, 0.2) is 0 Å². The van der Waals surface area contributed by atoms with E-state index in [2.05, 4.69) is 16.8 Å². The van der Waals surface area contributed by atoms with Crippen LogP contribution >= 0.6 is 11.3 Å². The summed E-state index contributed by atoms with van der Waals surface area (Å²) in [5.41, 5.74) is 3.87. The monoisotopic (exact) mass is 420 g/mol. The van der Waals surface area contributed by atoms with E-state index in [-0.39, 0.29) is 17.6 Å².